The van der Waals surface area contributed by atoms with Gasteiger partial charge < -0.3 is 14.6 Å². The summed E-state index contributed by atoms with van der Waals surface area (Å²) in [5.41, 5.74) is 0.0898. The molecule has 1 saturated carbocycles. The Morgan fingerprint density at radius 3 is 2.43 bits per heavy atom. The summed E-state index contributed by atoms with van der Waals surface area (Å²) in [6, 6.07) is 2.83. The summed E-state index contributed by atoms with van der Waals surface area (Å²) in [6.07, 6.45) is 6.63. The van der Waals surface area contributed by atoms with Gasteiger partial charge in [-0.15, -0.1) is 0 Å². The lowest BCUT2D eigenvalue weighted by molar-refractivity contribution is -0.386. The minimum atomic E-state index is -0.509. The summed E-state index contributed by atoms with van der Waals surface area (Å²) in [7, 11) is 1.49. The fraction of sp³-hybridized carbons (Fsp3) is 0.600. The molecule has 0 amide bonds. The molecule has 1 aliphatic rings. The lowest BCUT2D eigenvalue weighted by Crippen LogP contribution is -2.16. The van der Waals surface area contributed by atoms with Crippen LogP contribution in [0.5, 0.6) is 11.5 Å². The molecule has 1 fully saturated rings. The zero-order valence-corrected chi connectivity index (χ0v) is 12.2. The van der Waals surface area contributed by atoms with Crippen LogP contribution in [0.1, 0.15) is 44.1 Å². The van der Waals surface area contributed by atoms with E-state index in [9.17, 15) is 15.2 Å². The van der Waals surface area contributed by atoms with E-state index >= 15 is 0 Å². The van der Waals surface area contributed by atoms with Gasteiger partial charge in [-0.25, -0.2) is 0 Å². The van der Waals surface area contributed by atoms with Crippen molar-refractivity contribution >= 4 is 5.69 Å². The number of hydrogen-bond acceptors (Lipinski definition) is 5. The highest BCUT2D eigenvalue weighted by atomic mass is 16.6. The Labute approximate surface area is 123 Å². The quantitative estimate of drug-likeness (QED) is 0.512. The van der Waals surface area contributed by atoms with E-state index in [0.29, 0.717) is 11.5 Å². The van der Waals surface area contributed by atoms with Crippen LogP contribution in [0.25, 0.3) is 0 Å². The molecule has 0 saturated heterocycles. The van der Waals surface area contributed by atoms with Crippen molar-refractivity contribution in [2.45, 2.75) is 51.2 Å². The number of nitrogens with zero attached hydrogens (tertiary/aromatic N) is 1. The molecule has 6 nitrogen and oxygen atoms in total. The summed E-state index contributed by atoms with van der Waals surface area (Å²) in [5, 5.41) is 20.3. The molecule has 0 unspecified atom stereocenters. The van der Waals surface area contributed by atoms with E-state index in [2.05, 4.69) is 0 Å². The lowest BCUT2D eigenvalue weighted by atomic mass is 10.1. The molecule has 0 radical (unpaired) electrons. The van der Waals surface area contributed by atoms with Gasteiger partial charge in [0.25, 0.3) is 5.69 Å². The van der Waals surface area contributed by atoms with Crippen molar-refractivity contribution < 1.29 is 19.5 Å². The number of hydrogen-bond donors (Lipinski definition) is 1. The van der Waals surface area contributed by atoms with Crippen molar-refractivity contribution in [2.75, 3.05) is 7.11 Å². The molecule has 1 aromatic carbocycles. The number of methoxy groups -OCH3 is 1. The molecular formula is C15H21NO5. The van der Waals surface area contributed by atoms with E-state index in [1.165, 1.54) is 32.1 Å². The van der Waals surface area contributed by atoms with E-state index < -0.39 is 11.5 Å². The minimum Gasteiger partial charge on any atom is -0.493 e. The van der Waals surface area contributed by atoms with Crippen LogP contribution >= 0.6 is 0 Å². The summed E-state index contributed by atoms with van der Waals surface area (Å²) in [4.78, 5) is 10.6. The normalized spacial score (nSPS) is 16.3. The molecule has 2 rings (SSSR count). The molecular weight excluding hydrogens is 274 g/mol. The minimum absolute atomic E-state index is 0.0704. The maximum atomic E-state index is 11.1. The van der Waals surface area contributed by atoms with Crippen LogP contribution in [0.4, 0.5) is 5.69 Å². The summed E-state index contributed by atoms with van der Waals surface area (Å²) in [5.74, 6) is 0.808. The van der Waals surface area contributed by atoms with Gasteiger partial charge in [0.2, 0.25) is 0 Å². The predicted molar refractivity (Wildman–Crippen MR) is 77.7 cm³/mol. The molecule has 0 heterocycles. The highest BCUT2D eigenvalue weighted by Gasteiger charge is 2.22. The number of nitro groups is 1. The summed E-state index contributed by atoms with van der Waals surface area (Å²) in [6.45, 7) is -0.406. The molecule has 0 bridgehead atoms. The van der Waals surface area contributed by atoms with E-state index in [4.69, 9.17) is 9.47 Å². The largest absolute Gasteiger partial charge is 0.493 e. The fourth-order valence-electron chi connectivity index (χ4n) is 2.68. The Bertz CT molecular complexity index is 495. The number of aliphatic hydroxyl groups excluding tert-OH is 1. The Balaban J connectivity index is 2.27. The van der Waals surface area contributed by atoms with Crippen LogP contribution in [-0.4, -0.2) is 23.2 Å². The topological polar surface area (TPSA) is 81.8 Å². The Morgan fingerprint density at radius 1 is 1.24 bits per heavy atom. The van der Waals surface area contributed by atoms with Gasteiger partial charge in [0.05, 0.1) is 36.4 Å². The number of aliphatic hydroxyl groups is 1. The Hall–Kier alpha value is -1.82. The maximum absolute atomic E-state index is 11.1. The van der Waals surface area contributed by atoms with Crippen molar-refractivity contribution in [2.24, 2.45) is 0 Å². The van der Waals surface area contributed by atoms with Crippen molar-refractivity contribution in [3.8, 4) is 11.5 Å². The van der Waals surface area contributed by atoms with Gasteiger partial charge in [-0.3, -0.25) is 10.1 Å². The van der Waals surface area contributed by atoms with Gasteiger partial charge >= 0.3 is 0 Å². The number of rotatable bonds is 5. The van der Waals surface area contributed by atoms with E-state index in [-0.39, 0.29) is 17.4 Å². The monoisotopic (exact) mass is 295 g/mol. The molecule has 1 aliphatic carbocycles. The number of ether oxygens (including phenoxy) is 2. The van der Waals surface area contributed by atoms with Crippen molar-refractivity contribution in [3.05, 3.63) is 27.8 Å². The molecule has 0 atom stereocenters. The van der Waals surface area contributed by atoms with Gasteiger partial charge in [0, 0.05) is 0 Å². The van der Waals surface area contributed by atoms with Gasteiger partial charge in [-0.1, -0.05) is 12.8 Å². The zero-order valence-electron chi connectivity index (χ0n) is 12.2. The van der Waals surface area contributed by atoms with E-state index in [1.807, 2.05) is 0 Å². The second-order valence-electron chi connectivity index (χ2n) is 5.28. The summed E-state index contributed by atoms with van der Waals surface area (Å²) < 4.78 is 11.2. The van der Waals surface area contributed by atoms with Crippen LogP contribution in [-0.2, 0) is 6.61 Å². The van der Waals surface area contributed by atoms with Crippen LogP contribution in [0, 0.1) is 10.1 Å². The molecule has 0 aliphatic heterocycles. The average Bonchev–Trinajstić information content (AvgIpc) is 2.75. The second-order valence-corrected chi connectivity index (χ2v) is 5.28. The molecule has 1 N–H and O–H groups in total. The first-order chi connectivity index (χ1) is 10.2. The number of nitro benzene ring substituents is 1. The van der Waals surface area contributed by atoms with Crippen LogP contribution in [0.2, 0.25) is 0 Å². The van der Waals surface area contributed by atoms with E-state index in [1.54, 1.807) is 0 Å². The van der Waals surface area contributed by atoms with Crippen LogP contribution in [0.3, 0.4) is 0 Å². The fourth-order valence-corrected chi connectivity index (χ4v) is 2.68. The Kier molecular flexibility index (Phi) is 5.38. The van der Waals surface area contributed by atoms with Crippen LogP contribution in [0.15, 0.2) is 12.1 Å². The van der Waals surface area contributed by atoms with Gasteiger partial charge in [0.1, 0.15) is 0 Å². The van der Waals surface area contributed by atoms with Gasteiger partial charge in [-0.05, 0) is 31.7 Å². The van der Waals surface area contributed by atoms with Crippen molar-refractivity contribution in [1.82, 2.24) is 0 Å². The molecule has 116 valence electrons. The van der Waals surface area contributed by atoms with Crippen molar-refractivity contribution in [3.63, 3.8) is 0 Å². The smallest absolute Gasteiger partial charge is 0.278 e. The number of benzene rings is 1. The second kappa shape index (κ2) is 7.26. The molecule has 6 heteroatoms. The maximum Gasteiger partial charge on any atom is 0.278 e. The van der Waals surface area contributed by atoms with Crippen molar-refractivity contribution in [1.29, 1.82) is 0 Å². The first-order valence-electron chi connectivity index (χ1n) is 7.28. The molecule has 1 aromatic rings. The molecule has 0 spiro atoms. The first kappa shape index (κ1) is 15.6. The van der Waals surface area contributed by atoms with Gasteiger partial charge in [0.15, 0.2) is 11.5 Å². The highest BCUT2D eigenvalue weighted by molar-refractivity contribution is 5.54. The average molecular weight is 295 g/mol. The van der Waals surface area contributed by atoms with Crippen LogP contribution < -0.4 is 9.47 Å². The molecule has 21 heavy (non-hydrogen) atoms. The lowest BCUT2D eigenvalue weighted by Gasteiger charge is -2.19. The third-order valence-corrected chi connectivity index (χ3v) is 3.83. The third kappa shape index (κ3) is 3.85. The Morgan fingerprint density at radius 2 is 1.90 bits per heavy atom. The standard InChI is InChI=1S/C15H21NO5/c1-20-14-8-11(10-17)13(16(18)19)9-15(14)21-12-6-4-2-3-5-7-12/h8-9,12,17H,2-7,10H2,1H3. The summed E-state index contributed by atoms with van der Waals surface area (Å²) >= 11 is 0. The highest BCUT2D eigenvalue weighted by Crippen LogP contribution is 2.36. The third-order valence-electron chi connectivity index (χ3n) is 3.83. The molecule has 0 aromatic heterocycles. The predicted octanol–water partition coefficient (Wildman–Crippen LogP) is 3.20. The van der Waals surface area contributed by atoms with Gasteiger partial charge in [-0.2, -0.15) is 0 Å². The van der Waals surface area contributed by atoms with E-state index in [0.717, 1.165) is 25.7 Å². The zero-order chi connectivity index (χ0) is 15.2. The SMILES string of the molecule is COc1cc(CO)c([N+](=O)[O-])cc1OC1CCCCCC1. The first-order valence-corrected chi connectivity index (χ1v) is 7.28.